The average molecular weight is 406 g/mol. The summed E-state index contributed by atoms with van der Waals surface area (Å²) in [6, 6.07) is 17.5. The predicted molar refractivity (Wildman–Crippen MR) is 112 cm³/mol. The molecule has 2 heterocycles. The van der Waals surface area contributed by atoms with Crippen LogP contribution < -0.4 is 0 Å². The molecule has 1 aromatic heterocycles. The molecule has 0 saturated carbocycles. The Morgan fingerprint density at radius 1 is 1.17 bits per heavy atom. The smallest absolute Gasteiger partial charge is 0.253 e. The third-order valence-corrected chi connectivity index (χ3v) is 6.00. The van der Waals surface area contributed by atoms with Crippen molar-refractivity contribution in [2.75, 3.05) is 27.2 Å². The van der Waals surface area contributed by atoms with E-state index in [-0.39, 0.29) is 12.5 Å². The van der Waals surface area contributed by atoms with Crippen LogP contribution in [-0.2, 0) is 12.1 Å². The Bertz CT molecular complexity index is 975. The number of carbonyl (C=O) groups excluding carboxylic acids is 1. The molecule has 8 heteroatoms. The van der Waals surface area contributed by atoms with Gasteiger partial charge in [0.25, 0.3) is 5.91 Å². The number of carbonyl (C=O) groups is 1. The topological polar surface area (TPSA) is 87.4 Å². The number of tetrazole rings is 1. The molecular weight excluding hydrogens is 380 g/mol. The lowest BCUT2D eigenvalue weighted by Gasteiger charge is -2.49. The number of aliphatic hydroxyl groups excluding tert-OH is 1. The lowest BCUT2D eigenvalue weighted by molar-refractivity contribution is -0.0612. The quantitative estimate of drug-likeness (QED) is 0.689. The summed E-state index contributed by atoms with van der Waals surface area (Å²) in [5.41, 5.74) is 2.18. The molecule has 1 aliphatic heterocycles. The van der Waals surface area contributed by atoms with Gasteiger partial charge >= 0.3 is 0 Å². The summed E-state index contributed by atoms with van der Waals surface area (Å²) < 4.78 is 1.63. The van der Waals surface area contributed by atoms with Crippen LogP contribution in [0.4, 0.5) is 0 Å². The highest BCUT2D eigenvalue weighted by Crippen LogP contribution is 2.37. The normalized spacial score (nSPS) is 21.7. The third-order valence-electron chi connectivity index (χ3n) is 6.00. The molecule has 156 valence electrons. The lowest BCUT2D eigenvalue weighted by atomic mass is 9.77. The number of piperidine rings is 1. The van der Waals surface area contributed by atoms with E-state index in [4.69, 9.17) is 0 Å². The second-order valence-electron chi connectivity index (χ2n) is 7.91. The van der Waals surface area contributed by atoms with Gasteiger partial charge in [0.15, 0.2) is 0 Å². The Kier molecular flexibility index (Phi) is 5.61. The predicted octanol–water partition coefficient (Wildman–Crippen LogP) is 1.39. The molecule has 0 unspecified atom stereocenters. The maximum Gasteiger partial charge on any atom is 0.253 e. The molecule has 1 aliphatic rings. The zero-order valence-corrected chi connectivity index (χ0v) is 17.2. The highest BCUT2D eigenvalue weighted by atomic mass is 16.3. The molecule has 0 spiro atoms. The molecule has 3 aromatic rings. The van der Waals surface area contributed by atoms with Gasteiger partial charge in [0.2, 0.25) is 0 Å². The fourth-order valence-corrected chi connectivity index (χ4v) is 4.33. The Balaban J connectivity index is 1.48. The fourth-order valence-electron chi connectivity index (χ4n) is 4.33. The number of rotatable bonds is 5. The van der Waals surface area contributed by atoms with Crippen LogP contribution in [0.25, 0.3) is 0 Å². The first-order valence-corrected chi connectivity index (χ1v) is 10.0. The van der Waals surface area contributed by atoms with Crippen molar-refractivity contribution in [1.82, 2.24) is 30.0 Å². The third kappa shape index (κ3) is 3.71. The molecule has 0 aliphatic carbocycles. The minimum Gasteiger partial charge on any atom is -0.389 e. The Morgan fingerprint density at radius 2 is 1.90 bits per heavy atom. The first-order chi connectivity index (χ1) is 14.5. The van der Waals surface area contributed by atoms with Gasteiger partial charge in [-0.05, 0) is 54.2 Å². The van der Waals surface area contributed by atoms with Crippen molar-refractivity contribution in [3.05, 3.63) is 77.6 Å². The molecule has 2 aromatic carbocycles. The van der Waals surface area contributed by atoms with Crippen molar-refractivity contribution in [3.63, 3.8) is 0 Å². The van der Waals surface area contributed by atoms with Crippen molar-refractivity contribution >= 4 is 5.91 Å². The number of hydrogen-bond donors (Lipinski definition) is 1. The van der Waals surface area contributed by atoms with E-state index in [1.807, 2.05) is 68.7 Å². The summed E-state index contributed by atoms with van der Waals surface area (Å²) >= 11 is 0. The van der Waals surface area contributed by atoms with Crippen molar-refractivity contribution < 1.29 is 9.90 Å². The van der Waals surface area contributed by atoms with Crippen LogP contribution in [0.1, 0.15) is 27.9 Å². The van der Waals surface area contributed by atoms with Gasteiger partial charge < -0.3 is 10.0 Å². The Morgan fingerprint density at radius 3 is 2.50 bits per heavy atom. The monoisotopic (exact) mass is 406 g/mol. The van der Waals surface area contributed by atoms with Gasteiger partial charge in [-0.15, -0.1) is 5.10 Å². The van der Waals surface area contributed by atoms with E-state index in [1.54, 1.807) is 15.9 Å². The summed E-state index contributed by atoms with van der Waals surface area (Å²) in [6.45, 7) is 1.42. The van der Waals surface area contributed by atoms with Crippen LogP contribution in [0.15, 0.2) is 60.9 Å². The van der Waals surface area contributed by atoms with Crippen LogP contribution in [0.5, 0.6) is 0 Å². The summed E-state index contributed by atoms with van der Waals surface area (Å²) in [7, 11) is 3.97. The zero-order chi connectivity index (χ0) is 21.1. The van der Waals surface area contributed by atoms with Gasteiger partial charge in [0.05, 0.1) is 18.2 Å². The van der Waals surface area contributed by atoms with E-state index >= 15 is 0 Å². The van der Waals surface area contributed by atoms with Gasteiger partial charge in [-0.3, -0.25) is 9.69 Å². The SMILES string of the molecule is CN(C)[C@]1(c2ccccc2)CCN(C(=O)c2ccc(Cn3cnnn3)cc2)C[C@H]1O. The number of hydrogen-bond acceptors (Lipinski definition) is 6. The number of amides is 1. The van der Waals surface area contributed by atoms with Crippen molar-refractivity contribution in [1.29, 1.82) is 0 Å². The van der Waals surface area contributed by atoms with Gasteiger partial charge in [-0.2, -0.15) is 0 Å². The molecule has 1 amide bonds. The van der Waals surface area contributed by atoms with Crippen LogP contribution in [0, 0.1) is 0 Å². The average Bonchev–Trinajstić information content (AvgIpc) is 3.27. The molecule has 1 fully saturated rings. The van der Waals surface area contributed by atoms with Gasteiger partial charge in [0.1, 0.15) is 6.33 Å². The fraction of sp³-hybridized carbons (Fsp3) is 0.364. The van der Waals surface area contributed by atoms with Crippen molar-refractivity contribution in [2.24, 2.45) is 0 Å². The minimum absolute atomic E-state index is 0.0663. The first kappa shape index (κ1) is 20.2. The largest absolute Gasteiger partial charge is 0.389 e. The van der Waals surface area contributed by atoms with Crippen molar-refractivity contribution in [3.8, 4) is 0 Å². The first-order valence-electron chi connectivity index (χ1n) is 10.0. The molecule has 8 nitrogen and oxygen atoms in total. The molecule has 1 saturated heterocycles. The Hall–Kier alpha value is -3.10. The number of β-amino-alcohol motifs (C(OH)–C–C–N with tert-alkyl or cyclic N) is 1. The maximum absolute atomic E-state index is 13.1. The number of likely N-dealkylation sites (N-methyl/N-ethyl adjacent to an activating group) is 1. The van der Waals surface area contributed by atoms with Crippen molar-refractivity contribution in [2.45, 2.75) is 24.6 Å². The zero-order valence-electron chi connectivity index (χ0n) is 17.2. The second-order valence-corrected chi connectivity index (χ2v) is 7.91. The van der Waals surface area contributed by atoms with E-state index in [0.29, 0.717) is 25.1 Å². The van der Waals surface area contributed by atoms with E-state index in [1.165, 1.54) is 0 Å². The molecule has 30 heavy (non-hydrogen) atoms. The van der Waals surface area contributed by atoms with E-state index in [0.717, 1.165) is 11.1 Å². The summed E-state index contributed by atoms with van der Waals surface area (Å²) in [6.07, 6.45) is 1.53. The number of benzene rings is 2. The molecule has 1 N–H and O–H groups in total. The number of nitrogens with zero attached hydrogens (tertiary/aromatic N) is 6. The highest BCUT2D eigenvalue weighted by molar-refractivity contribution is 5.94. The van der Waals surface area contributed by atoms with Crippen LogP contribution in [0.2, 0.25) is 0 Å². The number of aliphatic hydroxyl groups is 1. The van der Waals surface area contributed by atoms with Gasteiger partial charge in [-0.1, -0.05) is 42.5 Å². The second kappa shape index (κ2) is 8.33. The Labute approximate surface area is 175 Å². The van der Waals surface area contributed by atoms with Crippen LogP contribution in [-0.4, -0.2) is 74.3 Å². The summed E-state index contributed by atoms with van der Waals surface area (Å²) in [4.78, 5) is 16.9. The molecule has 2 atom stereocenters. The number of likely N-dealkylation sites (tertiary alicyclic amines) is 1. The van der Waals surface area contributed by atoms with Gasteiger partial charge in [0, 0.05) is 18.7 Å². The molecule has 0 radical (unpaired) electrons. The number of aromatic nitrogens is 4. The maximum atomic E-state index is 13.1. The lowest BCUT2D eigenvalue weighted by Crippen LogP contribution is -2.60. The summed E-state index contributed by atoms with van der Waals surface area (Å²) in [5, 5.41) is 22.2. The molecular formula is C22H26N6O2. The summed E-state index contributed by atoms with van der Waals surface area (Å²) in [5.74, 6) is -0.0663. The minimum atomic E-state index is -0.688. The standard InChI is InChI=1S/C22H26N6O2/c1-26(2)22(19-6-4-3-5-7-19)12-13-27(15-20(22)29)21(30)18-10-8-17(9-11-18)14-28-16-23-24-25-28/h3-11,16,20,29H,12-15H2,1-2H3/t20-,22+/m1/s1. The molecule has 4 rings (SSSR count). The van der Waals surface area contributed by atoms with Crippen LogP contribution >= 0.6 is 0 Å². The highest BCUT2D eigenvalue weighted by Gasteiger charge is 2.46. The molecule has 0 bridgehead atoms. The van der Waals surface area contributed by atoms with E-state index in [2.05, 4.69) is 20.4 Å². The van der Waals surface area contributed by atoms with Gasteiger partial charge in [-0.25, -0.2) is 4.68 Å². The van der Waals surface area contributed by atoms with E-state index in [9.17, 15) is 9.90 Å². The van der Waals surface area contributed by atoms with E-state index < -0.39 is 11.6 Å². The van der Waals surface area contributed by atoms with Crippen LogP contribution in [0.3, 0.4) is 0 Å².